The van der Waals surface area contributed by atoms with Crippen molar-refractivity contribution in [1.82, 2.24) is 0 Å². The lowest BCUT2D eigenvalue weighted by Crippen LogP contribution is -1.99. The molecule has 1 aromatic rings. The van der Waals surface area contributed by atoms with Crippen molar-refractivity contribution in [2.75, 3.05) is 6.61 Å². The highest BCUT2D eigenvalue weighted by molar-refractivity contribution is 5.75. The molecule has 3 nitrogen and oxygen atoms in total. The minimum Gasteiger partial charge on any atom is -0.494 e. The van der Waals surface area contributed by atoms with Gasteiger partial charge in [0.05, 0.1) is 18.2 Å². The summed E-state index contributed by atoms with van der Waals surface area (Å²) in [6, 6.07) is 9.07. The number of unbranched alkanes of at least 4 members (excludes halogenated alkanes) is 1. The highest BCUT2D eigenvalue weighted by Crippen LogP contribution is 2.12. The minimum atomic E-state index is 0.221. The zero-order valence-corrected chi connectivity index (χ0v) is 9.40. The highest BCUT2D eigenvalue weighted by atomic mass is 16.5. The molecule has 0 saturated heterocycles. The molecule has 0 bridgehead atoms. The number of carbonyl (C=O) groups excluding carboxylic acids is 1. The fourth-order valence-electron chi connectivity index (χ4n) is 1.29. The fraction of sp³-hybridized carbons (Fsp3) is 0.385. The van der Waals surface area contributed by atoms with E-state index in [0.29, 0.717) is 18.6 Å². The molecule has 0 aliphatic carbocycles. The Labute approximate surface area is 95.7 Å². The van der Waals surface area contributed by atoms with Crippen LogP contribution < -0.4 is 4.74 Å². The lowest BCUT2D eigenvalue weighted by molar-refractivity contribution is -0.117. The Kier molecular flexibility index (Phi) is 5.07. The first-order valence-electron chi connectivity index (χ1n) is 5.35. The van der Waals surface area contributed by atoms with Crippen molar-refractivity contribution in [3.8, 4) is 11.8 Å². The number of carbonyl (C=O) groups is 1. The third-order valence-corrected chi connectivity index (χ3v) is 2.18. The molecular weight excluding hydrogens is 202 g/mol. The van der Waals surface area contributed by atoms with E-state index in [1.807, 2.05) is 6.07 Å². The van der Waals surface area contributed by atoms with Crippen LogP contribution in [0.15, 0.2) is 24.3 Å². The molecule has 0 N–H and O–H groups in total. The van der Waals surface area contributed by atoms with Crippen LogP contribution in [0.5, 0.6) is 5.75 Å². The van der Waals surface area contributed by atoms with E-state index in [1.54, 1.807) is 31.2 Å². The van der Waals surface area contributed by atoms with Crippen molar-refractivity contribution >= 4 is 5.78 Å². The van der Waals surface area contributed by atoms with Crippen LogP contribution in [0.1, 0.15) is 31.7 Å². The molecule has 0 heterocycles. The topological polar surface area (TPSA) is 50.1 Å². The van der Waals surface area contributed by atoms with Gasteiger partial charge >= 0.3 is 0 Å². The van der Waals surface area contributed by atoms with Gasteiger partial charge in [0.25, 0.3) is 0 Å². The van der Waals surface area contributed by atoms with Crippen molar-refractivity contribution in [3.63, 3.8) is 0 Å². The Morgan fingerprint density at radius 2 is 2.00 bits per heavy atom. The Morgan fingerprint density at radius 3 is 2.56 bits per heavy atom. The van der Waals surface area contributed by atoms with Gasteiger partial charge in [0.15, 0.2) is 0 Å². The third kappa shape index (κ3) is 4.61. The smallest absolute Gasteiger partial charge is 0.129 e. The average molecular weight is 217 g/mol. The van der Waals surface area contributed by atoms with Crippen LogP contribution in [0.2, 0.25) is 0 Å². The number of ether oxygens (including phenoxy) is 1. The second kappa shape index (κ2) is 6.62. The first-order valence-corrected chi connectivity index (χ1v) is 5.35. The summed E-state index contributed by atoms with van der Waals surface area (Å²) in [5, 5.41) is 8.60. The maximum absolute atomic E-state index is 10.7. The molecule has 0 radical (unpaired) electrons. The van der Waals surface area contributed by atoms with Gasteiger partial charge in [-0.3, -0.25) is 0 Å². The van der Waals surface area contributed by atoms with Gasteiger partial charge in [-0.15, -0.1) is 0 Å². The summed E-state index contributed by atoms with van der Waals surface area (Å²) < 4.78 is 5.47. The number of hydrogen-bond donors (Lipinski definition) is 0. The van der Waals surface area contributed by atoms with Gasteiger partial charge in [0.1, 0.15) is 11.5 Å². The zero-order chi connectivity index (χ0) is 11.8. The first-order chi connectivity index (χ1) is 7.72. The molecule has 0 aliphatic rings. The van der Waals surface area contributed by atoms with Crippen LogP contribution >= 0.6 is 0 Å². The van der Waals surface area contributed by atoms with E-state index in [0.717, 1.165) is 18.6 Å². The normalized spacial score (nSPS) is 9.50. The fourth-order valence-corrected chi connectivity index (χ4v) is 1.29. The number of nitrogens with zero attached hydrogens (tertiary/aromatic N) is 1. The Morgan fingerprint density at radius 1 is 1.31 bits per heavy atom. The van der Waals surface area contributed by atoms with Gasteiger partial charge in [-0.25, -0.2) is 0 Å². The quantitative estimate of drug-likeness (QED) is 0.688. The number of hydrogen-bond acceptors (Lipinski definition) is 3. The molecule has 0 saturated carbocycles. The number of benzene rings is 1. The largest absolute Gasteiger partial charge is 0.494 e. The Bertz CT molecular complexity index is 376. The molecule has 3 heteroatoms. The van der Waals surface area contributed by atoms with Gasteiger partial charge in [-0.05, 0) is 44.0 Å². The van der Waals surface area contributed by atoms with E-state index in [-0.39, 0.29) is 5.78 Å². The van der Waals surface area contributed by atoms with E-state index < -0.39 is 0 Å². The van der Waals surface area contributed by atoms with Crippen LogP contribution in [0.3, 0.4) is 0 Å². The van der Waals surface area contributed by atoms with Crippen molar-refractivity contribution in [1.29, 1.82) is 5.26 Å². The molecule has 0 atom stereocenters. The van der Waals surface area contributed by atoms with Crippen molar-refractivity contribution in [2.45, 2.75) is 26.2 Å². The van der Waals surface area contributed by atoms with Gasteiger partial charge in [0.2, 0.25) is 0 Å². The van der Waals surface area contributed by atoms with E-state index >= 15 is 0 Å². The van der Waals surface area contributed by atoms with Crippen molar-refractivity contribution in [3.05, 3.63) is 29.8 Å². The summed E-state index contributed by atoms with van der Waals surface area (Å²) in [7, 11) is 0. The molecule has 84 valence electrons. The summed E-state index contributed by atoms with van der Waals surface area (Å²) in [5.41, 5.74) is 0.629. The maximum Gasteiger partial charge on any atom is 0.129 e. The SMILES string of the molecule is CC(=O)CCCCOc1ccc(C#N)cc1. The lowest BCUT2D eigenvalue weighted by Gasteiger charge is -2.05. The summed E-state index contributed by atoms with van der Waals surface area (Å²) >= 11 is 0. The van der Waals surface area contributed by atoms with Crippen LogP contribution in [0.4, 0.5) is 0 Å². The van der Waals surface area contributed by atoms with Gasteiger partial charge < -0.3 is 9.53 Å². The van der Waals surface area contributed by atoms with Gasteiger partial charge in [0, 0.05) is 6.42 Å². The van der Waals surface area contributed by atoms with Crippen LogP contribution in [0.25, 0.3) is 0 Å². The molecule has 0 aliphatic heterocycles. The highest BCUT2D eigenvalue weighted by Gasteiger charge is 1.96. The number of rotatable bonds is 6. The second-order valence-electron chi connectivity index (χ2n) is 3.64. The predicted molar refractivity (Wildman–Crippen MR) is 61.2 cm³/mol. The molecule has 0 unspecified atom stereocenters. The summed E-state index contributed by atoms with van der Waals surface area (Å²) in [6.45, 7) is 2.21. The van der Waals surface area contributed by atoms with Crippen molar-refractivity contribution in [2.24, 2.45) is 0 Å². The van der Waals surface area contributed by atoms with Crippen LogP contribution in [0, 0.1) is 11.3 Å². The Balaban J connectivity index is 2.22. The van der Waals surface area contributed by atoms with Gasteiger partial charge in [-0.2, -0.15) is 5.26 Å². The summed E-state index contributed by atoms with van der Waals surface area (Å²) in [4.78, 5) is 10.7. The predicted octanol–water partition coefficient (Wildman–Crippen LogP) is 2.70. The third-order valence-electron chi connectivity index (χ3n) is 2.18. The number of ketones is 1. The summed E-state index contributed by atoms with van der Waals surface area (Å²) in [5.74, 6) is 0.986. The minimum absolute atomic E-state index is 0.221. The lowest BCUT2D eigenvalue weighted by atomic mass is 10.2. The van der Waals surface area contributed by atoms with E-state index in [1.165, 1.54) is 0 Å². The number of Topliss-reactive ketones (excluding diaryl/α,β-unsaturated/α-hetero) is 1. The molecule has 1 aromatic carbocycles. The first kappa shape index (κ1) is 12.3. The molecule has 0 spiro atoms. The number of nitriles is 1. The maximum atomic E-state index is 10.7. The van der Waals surface area contributed by atoms with E-state index in [9.17, 15) is 4.79 Å². The van der Waals surface area contributed by atoms with Crippen LogP contribution in [-0.4, -0.2) is 12.4 Å². The summed E-state index contributed by atoms with van der Waals surface area (Å²) in [6.07, 6.45) is 2.36. The molecule has 0 amide bonds. The monoisotopic (exact) mass is 217 g/mol. The molecule has 1 rings (SSSR count). The Hall–Kier alpha value is -1.82. The van der Waals surface area contributed by atoms with Crippen molar-refractivity contribution < 1.29 is 9.53 Å². The average Bonchev–Trinajstić information content (AvgIpc) is 2.29. The standard InChI is InChI=1S/C13H15NO2/c1-11(15)4-2-3-9-16-13-7-5-12(10-14)6-8-13/h5-8H,2-4,9H2,1H3. The zero-order valence-electron chi connectivity index (χ0n) is 9.40. The second-order valence-corrected chi connectivity index (χ2v) is 3.64. The molecule has 0 aromatic heterocycles. The van der Waals surface area contributed by atoms with Crippen LogP contribution in [-0.2, 0) is 4.79 Å². The van der Waals surface area contributed by atoms with E-state index in [2.05, 4.69) is 0 Å². The van der Waals surface area contributed by atoms with Gasteiger partial charge in [-0.1, -0.05) is 0 Å². The van der Waals surface area contributed by atoms with E-state index in [4.69, 9.17) is 10.00 Å². The molecular formula is C13H15NO2. The molecule has 0 fully saturated rings. The molecule has 16 heavy (non-hydrogen) atoms.